The lowest BCUT2D eigenvalue weighted by Crippen LogP contribution is -2.90. The third-order valence-corrected chi connectivity index (χ3v) is 5.10. The molecule has 0 unspecified atom stereocenters. The molecule has 0 spiro atoms. The number of methoxy groups -OCH3 is 2. The molecule has 1 aromatic carbocycles. The molecule has 1 aromatic rings. The molecule has 3 atom stereocenters. The van der Waals surface area contributed by atoms with Gasteiger partial charge in [0.05, 0.1) is 18.7 Å². The minimum atomic E-state index is -1.47. The van der Waals surface area contributed by atoms with Gasteiger partial charge in [-0.1, -0.05) is 12.1 Å². The van der Waals surface area contributed by atoms with E-state index in [0.717, 1.165) is 11.3 Å². The zero-order valence-corrected chi connectivity index (χ0v) is 13.8. The molecular weight excluding hydrogens is 308 g/mol. The van der Waals surface area contributed by atoms with Gasteiger partial charge in [0.15, 0.2) is 10.8 Å². The van der Waals surface area contributed by atoms with Gasteiger partial charge >= 0.3 is 5.91 Å². The highest BCUT2D eigenvalue weighted by molar-refractivity contribution is 5.95. The summed E-state index contributed by atoms with van der Waals surface area (Å²) in [5, 5.41) is 19.8. The highest BCUT2D eigenvalue weighted by Crippen LogP contribution is 2.78. The Morgan fingerprint density at radius 3 is 2.25 bits per heavy atom. The van der Waals surface area contributed by atoms with Crippen molar-refractivity contribution in [3.8, 4) is 17.9 Å². The maximum absolute atomic E-state index is 9.95. The van der Waals surface area contributed by atoms with E-state index in [1.165, 1.54) is 14.2 Å². The van der Waals surface area contributed by atoms with Crippen LogP contribution in [0.3, 0.4) is 0 Å². The van der Waals surface area contributed by atoms with Crippen LogP contribution in [0.25, 0.3) is 0 Å². The largest absolute Gasteiger partial charge is 0.494 e. The molecular formula is C17H19N4O3+. The molecule has 24 heavy (non-hydrogen) atoms. The van der Waals surface area contributed by atoms with Crippen LogP contribution in [0.2, 0.25) is 0 Å². The van der Waals surface area contributed by atoms with Crippen molar-refractivity contribution >= 4 is 5.84 Å². The monoisotopic (exact) mass is 327 g/mol. The second kappa shape index (κ2) is 5.20. The van der Waals surface area contributed by atoms with Crippen LogP contribution in [0.1, 0.15) is 18.4 Å². The van der Waals surface area contributed by atoms with Crippen LogP contribution in [0.4, 0.5) is 0 Å². The van der Waals surface area contributed by atoms with E-state index in [-0.39, 0.29) is 5.84 Å². The van der Waals surface area contributed by atoms with E-state index < -0.39 is 22.7 Å². The first-order valence-corrected chi connectivity index (χ1v) is 7.60. The highest BCUT2D eigenvalue weighted by atomic mass is 16.7. The smallest absolute Gasteiger partial charge is 0.342 e. The average molecular weight is 327 g/mol. The molecule has 0 bridgehead atoms. The standard InChI is InChI=1S/C17H18N4O3/c1-4-24-12-7-5-11(6-8-12)13-15(9-18)14(20)21-17(22-2,23-3)16(13,15)10-19/h5-8,13H,4H2,1-3H3,(H2,20,21)/p+1/t13-,15-,16-/m1/s1. The highest BCUT2D eigenvalue weighted by Gasteiger charge is 2.96. The summed E-state index contributed by atoms with van der Waals surface area (Å²) in [6.45, 7) is 2.47. The second-order valence-corrected chi connectivity index (χ2v) is 5.84. The molecule has 1 aliphatic heterocycles. The fourth-order valence-corrected chi connectivity index (χ4v) is 4.04. The van der Waals surface area contributed by atoms with Crippen LogP contribution in [-0.4, -0.2) is 32.6 Å². The van der Waals surface area contributed by atoms with Crippen LogP contribution < -0.4 is 15.5 Å². The SMILES string of the molecule is CCOc1ccc([C@@H]2[C@]3(C#N)C(N)=[NH+]C(OC)(OC)[C@]23C#N)cc1. The number of hydrogen-bond donors (Lipinski definition) is 2. The Labute approximate surface area is 140 Å². The van der Waals surface area contributed by atoms with E-state index in [4.69, 9.17) is 19.9 Å². The summed E-state index contributed by atoms with van der Waals surface area (Å²) in [4.78, 5) is 2.86. The number of nitrogens with zero attached hydrogens (tertiary/aromatic N) is 2. The van der Waals surface area contributed by atoms with Crippen LogP contribution in [0, 0.1) is 33.5 Å². The van der Waals surface area contributed by atoms with Gasteiger partial charge in [0.1, 0.15) is 5.75 Å². The molecule has 3 rings (SSSR count). The lowest BCUT2D eigenvalue weighted by atomic mass is 9.93. The van der Waals surface area contributed by atoms with E-state index >= 15 is 0 Å². The number of fused-ring (bicyclic) bond motifs is 1. The number of nitrogens with one attached hydrogen (secondary N) is 1. The molecule has 0 saturated heterocycles. The fourth-order valence-electron chi connectivity index (χ4n) is 4.04. The quantitative estimate of drug-likeness (QED) is 0.711. The average Bonchev–Trinajstić information content (AvgIpc) is 3.18. The molecule has 1 heterocycles. The van der Waals surface area contributed by atoms with Crippen molar-refractivity contribution in [3.63, 3.8) is 0 Å². The van der Waals surface area contributed by atoms with Crippen LogP contribution in [0.5, 0.6) is 5.75 Å². The predicted molar refractivity (Wildman–Crippen MR) is 83.4 cm³/mol. The first kappa shape index (κ1) is 16.3. The Bertz CT molecular complexity index is 773. The third-order valence-electron chi connectivity index (χ3n) is 5.10. The first-order chi connectivity index (χ1) is 11.5. The minimum absolute atomic E-state index is 0.189. The van der Waals surface area contributed by atoms with Crippen molar-refractivity contribution in [2.75, 3.05) is 20.8 Å². The zero-order chi connectivity index (χ0) is 17.6. The van der Waals surface area contributed by atoms with Crippen molar-refractivity contribution in [2.24, 2.45) is 16.6 Å². The van der Waals surface area contributed by atoms with E-state index in [2.05, 4.69) is 17.1 Å². The molecule has 1 aliphatic carbocycles. The summed E-state index contributed by atoms with van der Waals surface area (Å²) in [6.07, 6.45) is 0. The Morgan fingerprint density at radius 1 is 1.17 bits per heavy atom. The molecule has 1 saturated carbocycles. The molecule has 0 radical (unpaired) electrons. The maximum atomic E-state index is 9.95. The summed E-state index contributed by atoms with van der Waals surface area (Å²) in [6, 6.07) is 11.8. The number of nitrogens with two attached hydrogens (primary N) is 1. The van der Waals surface area contributed by atoms with Crippen LogP contribution >= 0.6 is 0 Å². The molecule has 3 N–H and O–H groups in total. The van der Waals surface area contributed by atoms with E-state index in [1.54, 1.807) is 0 Å². The van der Waals surface area contributed by atoms with Gasteiger partial charge < -0.3 is 14.2 Å². The van der Waals surface area contributed by atoms with Crippen molar-refractivity contribution in [2.45, 2.75) is 18.8 Å². The van der Waals surface area contributed by atoms with Crippen LogP contribution in [-0.2, 0) is 9.47 Å². The van der Waals surface area contributed by atoms with Crippen molar-refractivity contribution in [3.05, 3.63) is 29.8 Å². The van der Waals surface area contributed by atoms with Gasteiger partial charge in [-0.05, 0) is 24.6 Å². The van der Waals surface area contributed by atoms with Gasteiger partial charge in [0.25, 0.3) is 5.84 Å². The lowest BCUT2D eigenvalue weighted by molar-refractivity contribution is -0.687. The van der Waals surface area contributed by atoms with Gasteiger partial charge in [-0.25, -0.2) is 4.99 Å². The van der Waals surface area contributed by atoms with Crippen LogP contribution in [0.15, 0.2) is 24.3 Å². The van der Waals surface area contributed by atoms with Crippen molar-refractivity contribution < 1.29 is 19.2 Å². The topological polar surface area (TPSA) is 115 Å². The van der Waals surface area contributed by atoms with E-state index in [1.807, 2.05) is 31.2 Å². The van der Waals surface area contributed by atoms with Crippen molar-refractivity contribution in [1.82, 2.24) is 0 Å². The predicted octanol–water partition coefficient (Wildman–Crippen LogP) is -0.400. The van der Waals surface area contributed by atoms with Gasteiger partial charge in [0, 0.05) is 20.1 Å². The number of amidine groups is 1. The molecule has 7 heteroatoms. The van der Waals surface area contributed by atoms with Gasteiger partial charge in [-0.3, -0.25) is 5.73 Å². The molecule has 124 valence electrons. The normalized spacial score (nSPS) is 32.2. The van der Waals surface area contributed by atoms with Crippen molar-refractivity contribution in [1.29, 1.82) is 10.5 Å². The van der Waals surface area contributed by atoms with Gasteiger partial charge in [-0.2, -0.15) is 10.5 Å². The Morgan fingerprint density at radius 2 is 1.79 bits per heavy atom. The molecule has 7 nitrogen and oxygen atoms in total. The molecule has 0 aromatic heterocycles. The number of rotatable bonds is 5. The number of nitriles is 2. The Kier molecular flexibility index (Phi) is 3.52. The summed E-state index contributed by atoms with van der Waals surface area (Å²) >= 11 is 0. The lowest BCUT2D eigenvalue weighted by Gasteiger charge is -2.26. The van der Waals surface area contributed by atoms with Gasteiger partial charge in [-0.15, -0.1) is 0 Å². The summed E-state index contributed by atoms with van der Waals surface area (Å²) in [5.74, 6) is -1.01. The maximum Gasteiger partial charge on any atom is 0.342 e. The fraction of sp³-hybridized carbons (Fsp3) is 0.471. The molecule has 0 amide bonds. The zero-order valence-electron chi connectivity index (χ0n) is 13.8. The Balaban J connectivity index is 2.12. The second-order valence-electron chi connectivity index (χ2n) is 5.84. The minimum Gasteiger partial charge on any atom is -0.494 e. The number of hydrogen-bond acceptors (Lipinski definition) is 6. The molecule has 2 aliphatic rings. The summed E-state index contributed by atoms with van der Waals surface area (Å²) < 4.78 is 16.4. The third kappa shape index (κ3) is 1.53. The molecule has 1 fully saturated rings. The first-order valence-electron chi connectivity index (χ1n) is 7.60. The van der Waals surface area contributed by atoms with Gasteiger partial charge in [0.2, 0.25) is 0 Å². The summed E-state index contributed by atoms with van der Waals surface area (Å²) in [5.41, 5.74) is 4.44. The Hall–Kier alpha value is -2.61. The number of benzene rings is 1. The summed E-state index contributed by atoms with van der Waals surface area (Å²) in [7, 11) is 2.84. The van der Waals surface area contributed by atoms with E-state index in [0.29, 0.717) is 6.61 Å². The number of ether oxygens (including phenoxy) is 3. The van der Waals surface area contributed by atoms with E-state index in [9.17, 15) is 10.5 Å².